The molecule has 0 N–H and O–H groups in total. The standard InChI is InChI=1S/C8H9NO/c9-4-6-3-5-1-2-7(6)8(5)10/h5-7H,1-3H2/t5-,6-,7+/m1/s1. The maximum Gasteiger partial charge on any atom is 0.140 e. The molecule has 0 aromatic rings. The first kappa shape index (κ1) is 5.91. The van der Waals surface area contributed by atoms with E-state index < -0.39 is 0 Å². The van der Waals surface area contributed by atoms with E-state index in [1.165, 1.54) is 0 Å². The maximum atomic E-state index is 11.2. The van der Waals surface area contributed by atoms with Crippen molar-refractivity contribution in [2.45, 2.75) is 19.3 Å². The van der Waals surface area contributed by atoms with Crippen LogP contribution in [-0.2, 0) is 4.79 Å². The SMILES string of the molecule is N#C[C@H]1C[C@H]2CC[C@@H]1C2=O. The highest BCUT2D eigenvalue weighted by molar-refractivity contribution is 5.88. The third-order valence-electron chi connectivity index (χ3n) is 2.78. The monoisotopic (exact) mass is 135 g/mol. The molecule has 0 aromatic heterocycles. The van der Waals surface area contributed by atoms with Crippen molar-refractivity contribution < 1.29 is 4.79 Å². The highest BCUT2D eigenvalue weighted by Gasteiger charge is 2.47. The minimum atomic E-state index is 0.0613. The number of hydrogen-bond donors (Lipinski definition) is 0. The first-order chi connectivity index (χ1) is 4.83. The molecular formula is C8H9NO. The first-order valence-corrected chi connectivity index (χ1v) is 3.76. The molecule has 2 nitrogen and oxygen atoms in total. The molecule has 10 heavy (non-hydrogen) atoms. The van der Waals surface area contributed by atoms with E-state index in [4.69, 9.17) is 5.26 Å². The molecule has 0 aromatic carbocycles. The zero-order valence-electron chi connectivity index (χ0n) is 5.71. The van der Waals surface area contributed by atoms with Gasteiger partial charge in [0.2, 0.25) is 0 Å². The van der Waals surface area contributed by atoms with Gasteiger partial charge < -0.3 is 0 Å². The van der Waals surface area contributed by atoms with E-state index in [0.29, 0.717) is 5.78 Å². The zero-order valence-corrected chi connectivity index (χ0v) is 5.71. The second-order valence-electron chi connectivity index (χ2n) is 3.25. The van der Waals surface area contributed by atoms with Gasteiger partial charge in [0.1, 0.15) is 5.78 Å². The molecular weight excluding hydrogens is 126 g/mol. The van der Waals surface area contributed by atoms with Crippen LogP contribution in [0, 0.1) is 29.1 Å². The molecule has 0 radical (unpaired) electrons. The number of ketones is 1. The summed E-state index contributed by atoms with van der Waals surface area (Å²) in [6.07, 6.45) is 2.86. The lowest BCUT2D eigenvalue weighted by molar-refractivity contribution is -0.121. The van der Waals surface area contributed by atoms with Crippen molar-refractivity contribution in [1.29, 1.82) is 5.26 Å². The van der Waals surface area contributed by atoms with E-state index in [-0.39, 0.29) is 17.8 Å². The summed E-state index contributed by atoms with van der Waals surface area (Å²) >= 11 is 0. The van der Waals surface area contributed by atoms with Crippen LogP contribution in [0.4, 0.5) is 0 Å². The Morgan fingerprint density at radius 2 is 2.30 bits per heavy atom. The summed E-state index contributed by atoms with van der Waals surface area (Å²) in [6, 6.07) is 2.20. The average Bonchev–Trinajstić information content (AvgIpc) is 2.46. The molecule has 2 aliphatic rings. The van der Waals surface area contributed by atoms with Gasteiger partial charge in [-0.1, -0.05) is 0 Å². The van der Waals surface area contributed by atoms with E-state index in [1.54, 1.807) is 0 Å². The molecule has 0 saturated heterocycles. The van der Waals surface area contributed by atoms with Crippen molar-refractivity contribution in [2.75, 3.05) is 0 Å². The fourth-order valence-electron chi connectivity index (χ4n) is 2.21. The lowest BCUT2D eigenvalue weighted by Gasteiger charge is -2.10. The summed E-state index contributed by atoms with van der Waals surface area (Å²) in [5.41, 5.74) is 0. The number of rotatable bonds is 0. The van der Waals surface area contributed by atoms with Gasteiger partial charge in [-0.2, -0.15) is 5.26 Å². The molecule has 2 saturated carbocycles. The molecule has 0 aliphatic heterocycles. The first-order valence-electron chi connectivity index (χ1n) is 3.76. The lowest BCUT2D eigenvalue weighted by Crippen LogP contribution is -2.09. The van der Waals surface area contributed by atoms with Crippen LogP contribution in [0.3, 0.4) is 0 Å². The predicted octanol–water partition coefficient (Wildman–Crippen LogP) is 1.13. The van der Waals surface area contributed by atoms with E-state index in [1.807, 2.05) is 0 Å². The van der Waals surface area contributed by atoms with Gasteiger partial charge >= 0.3 is 0 Å². The van der Waals surface area contributed by atoms with Gasteiger partial charge in [0.15, 0.2) is 0 Å². The Morgan fingerprint density at radius 1 is 1.50 bits per heavy atom. The Hall–Kier alpha value is -0.840. The molecule has 2 bridgehead atoms. The van der Waals surface area contributed by atoms with E-state index >= 15 is 0 Å². The van der Waals surface area contributed by atoms with Crippen LogP contribution in [0.1, 0.15) is 19.3 Å². The van der Waals surface area contributed by atoms with Crippen LogP contribution < -0.4 is 0 Å². The fourth-order valence-corrected chi connectivity index (χ4v) is 2.21. The number of carbonyl (C=O) groups is 1. The van der Waals surface area contributed by atoms with Gasteiger partial charge in [0, 0.05) is 11.8 Å². The predicted molar refractivity (Wildman–Crippen MR) is 34.9 cm³/mol. The molecule has 52 valence electrons. The normalized spacial score (nSPS) is 43.9. The highest BCUT2D eigenvalue weighted by atomic mass is 16.1. The van der Waals surface area contributed by atoms with Gasteiger partial charge in [-0.3, -0.25) is 4.79 Å². The van der Waals surface area contributed by atoms with Crippen molar-refractivity contribution in [3.8, 4) is 6.07 Å². The van der Waals surface area contributed by atoms with Gasteiger partial charge in [0.05, 0.1) is 12.0 Å². The number of Topliss-reactive ketones (excluding diaryl/α,β-unsaturated/α-hetero) is 1. The summed E-state index contributed by atoms with van der Waals surface area (Å²) < 4.78 is 0. The number of fused-ring (bicyclic) bond motifs is 2. The third kappa shape index (κ3) is 0.553. The topological polar surface area (TPSA) is 40.9 Å². The van der Waals surface area contributed by atoms with Crippen LogP contribution >= 0.6 is 0 Å². The zero-order chi connectivity index (χ0) is 7.14. The molecule has 2 fully saturated rings. The largest absolute Gasteiger partial charge is 0.299 e. The van der Waals surface area contributed by atoms with Crippen molar-refractivity contribution in [1.82, 2.24) is 0 Å². The van der Waals surface area contributed by atoms with Gasteiger partial charge in [-0.05, 0) is 19.3 Å². The lowest BCUT2D eigenvalue weighted by atomic mass is 9.90. The van der Waals surface area contributed by atoms with E-state index in [9.17, 15) is 4.79 Å². The van der Waals surface area contributed by atoms with Crippen LogP contribution in [-0.4, -0.2) is 5.78 Å². The Balaban J connectivity index is 2.25. The smallest absolute Gasteiger partial charge is 0.140 e. The van der Waals surface area contributed by atoms with Crippen LogP contribution in [0.5, 0.6) is 0 Å². The quantitative estimate of drug-likeness (QED) is 0.499. The van der Waals surface area contributed by atoms with Gasteiger partial charge in [-0.25, -0.2) is 0 Å². The summed E-state index contributed by atoms with van der Waals surface area (Å²) in [6.45, 7) is 0. The van der Waals surface area contributed by atoms with Crippen molar-refractivity contribution in [3.63, 3.8) is 0 Å². The number of nitrogens with zero attached hydrogens (tertiary/aromatic N) is 1. The molecule has 0 spiro atoms. The molecule has 0 unspecified atom stereocenters. The minimum absolute atomic E-state index is 0.0613. The Bertz CT molecular complexity index is 216. The Labute approximate surface area is 59.8 Å². The second kappa shape index (κ2) is 1.82. The molecule has 2 heteroatoms. The summed E-state index contributed by atoms with van der Waals surface area (Å²) in [5, 5.41) is 8.60. The molecule has 2 aliphatic carbocycles. The van der Waals surface area contributed by atoms with Crippen molar-refractivity contribution >= 4 is 5.78 Å². The molecule has 0 heterocycles. The summed E-state index contributed by atoms with van der Waals surface area (Å²) in [4.78, 5) is 11.2. The molecule has 2 rings (SSSR count). The number of carbonyl (C=O) groups excluding carboxylic acids is 1. The fraction of sp³-hybridized carbons (Fsp3) is 0.750. The Morgan fingerprint density at radius 3 is 2.60 bits per heavy atom. The molecule has 3 atom stereocenters. The van der Waals surface area contributed by atoms with Crippen LogP contribution in [0.25, 0.3) is 0 Å². The minimum Gasteiger partial charge on any atom is -0.299 e. The highest BCUT2D eigenvalue weighted by Crippen LogP contribution is 2.44. The number of hydrogen-bond acceptors (Lipinski definition) is 2. The van der Waals surface area contributed by atoms with E-state index in [2.05, 4.69) is 6.07 Å². The van der Waals surface area contributed by atoms with Crippen molar-refractivity contribution in [3.05, 3.63) is 0 Å². The maximum absolute atomic E-state index is 11.2. The number of nitriles is 1. The van der Waals surface area contributed by atoms with Gasteiger partial charge in [0.25, 0.3) is 0 Å². The summed E-state index contributed by atoms with van der Waals surface area (Å²) in [5.74, 6) is 0.808. The third-order valence-corrected chi connectivity index (χ3v) is 2.78. The summed E-state index contributed by atoms with van der Waals surface area (Å²) in [7, 11) is 0. The second-order valence-corrected chi connectivity index (χ2v) is 3.25. The van der Waals surface area contributed by atoms with Crippen LogP contribution in [0.2, 0.25) is 0 Å². The molecule has 0 amide bonds. The van der Waals surface area contributed by atoms with Crippen LogP contribution in [0.15, 0.2) is 0 Å². The average molecular weight is 135 g/mol. The van der Waals surface area contributed by atoms with Gasteiger partial charge in [-0.15, -0.1) is 0 Å². The van der Waals surface area contributed by atoms with Crippen molar-refractivity contribution in [2.24, 2.45) is 17.8 Å². The van der Waals surface area contributed by atoms with E-state index in [0.717, 1.165) is 19.3 Å². The Kier molecular flexibility index (Phi) is 1.08.